The summed E-state index contributed by atoms with van der Waals surface area (Å²) in [5.41, 5.74) is 21.0. The van der Waals surface area contributed by atoms with Crippen molar-refractivity contribution in [1.82, 2.24) is 4.90 Å². The van der Waals surface area contributed by atoms with E-state index in [9.17, 15) is 24.0 Å². The van der Waals surface area contributed by atoms with E-state index in [1.165, 1.54) is 24.3 Å². The summed E-state index contributed by atoms with van der Waals surface area (Å²) in [6, 6.07) is 12.4. The molecule has 2 aromatic carbocycles. The lowest BCUT2D eigenvalue weighted by Crippen LogP contribution is -2.69. The molecule has 1 aromatic heterocycles. The Labute approximate surface area is 248 Å². The summed E-state index contributed by atoms with van der Waals surface area (Å²) >= 11 is 0. The van der Waals surface area contributed by atoms with E-state index < -0.39 is 53.2 Å². The number of anilines is 1. The standard InChI is InChI=1S/C30H37N7O6/c1-17(2)25(32)26(40)30(12-7-13-35-29(33)34,37(23(38)16-31)27(41)19-8-5-4-6-9-19)28(42)36-20-10-11-21-18(3)14-24(39)43-22(21)15-20/h4-6,8-11,14-15,17,25H,7,12-13,16,31-32H2,1-3H3,(H,36,42)(H4,33,34,35). The van der Waals surface area contributed by atoms with Gasteiger partial charge in [0.2, 0.25) is 5.91 Å². The first-order valence-corrected chi connectivity index (χ1v) is 13.7. The Morgan fingerprint density at radius 2 is 1.72 bits per heavy atom. The lowest BCUT2D eigenvalue weighted by atomic mass is 9.78. The number of nitrogens with zero attached hydrogens (tertiary/aromatic N) is 2. The van der Waals surface area contributed by atoms with Crippen molar-refractivity contribution in [2.45, 2.75) is 45.2 Å². The molecule has 2 unspecified atom stereocenters. The molecule has 0 aliphatic heterocycles. The lowest BCUT2D eigenvalue weighted by molar-refractivity contribution is -0.151. The SMILES string of the molecule is Cc1cc(=O)oc2cc(NC(=O)C(CCCN=C(N)N)(C(=O)C(N)C(C)C)N(C(=O)CN)C(=O)c3ccccc3)ccc12. The molecule has 0 aliphatic carbocycles. The number of nitrogens with one attached hydrogen (secondary N) is 1. The average Bonchev–Trinajstić information content (AvgIpc) is 2.97. The minimum absolute atomic E-state index is 0.00405. The zero-order chi connectivity index (χ0) is 31.9. The Balaban J connectivity index is 2.27. The van der Waals surface area contributed by atoms with E-state index in [4.69, 9.17) is 27.4 Å². The highest BCUT2D eigenvalue weighted by atomic mass is 16.4. The molecule has 0 bridgehead atoms. The van der Waals surface area contributed by atoms with Crippen LogP contribution in [0.4, 0.5) is 5.69 Å². The minimum Gasteiger partial charge on any atom is -0.423 e. The number of fused-ring (bicyclic) bond motifs is 1. The largest absolute Gasteiger partial charge is 0.423 e. The van der Waals surface area contributed by atoms with E-state index in [0.29, 0.717) is 15.8 Å². The molecule has 0 fully saturated rings. The van der Waals surface area contributed by atoms with Gasteiger partial charge >= 0.3 is 5.63 Å². The number of nitrogens with two attached hydrogens (primary N) is 4. The maximum atomic E-state index is 14.4. The van der Waals surface area contributed by atoms with Gasteiger partial charge in [-0.3, -0.25) is 29.1 Å². The normalized spacial score (nSPS) is 13.2. The van der Waals surface area contributed by atoms with Gasteiger partial charge in [0.1, 0.15) is 5.58 Å². The number of guanidine groups is 1. The zero-order valence-electron chi connectivity index (χ0n) is 24.3. The molecule has 0 spiro atoms. The molecule has 228 valence electrons. The molecule has 0 saturated carbocycles. The number of carbonyl (C=O) groups is 4. The Morgan fingerprint density at radius 3 is 2.33 bits per heavy atom. The van der Waals surface area contributed by atoms with E-state index in [2.05, 4.69) is 10.3 Å². The van der Waals surface area contributed by atoms with Crippen molar-refractivity contribution >= 4 is 46.1 Å². The summed E-state index contributed by atoms with van der Waals surface area (Å²) in [4.78, 5) is 72.8. The second kappa shape index (κ2) is 13.9. The van der Waals surface area contributed by atoms with Gasteiger partial charge < -0.3 is 32.7 Å². The number of hydrogen-bond acceptors (Lipinski definition) is 9. The highest BCUT2D eigenvalue weighted by Crippen LogP contribution is 2.31. The third-order valence-electron chi connectivity index (χ3n) is 7.03. The molecule has 13 heteroatoms. The molecule has 0 saturated heterocycles. The van der Waals surface area contributed by atoms with Gasteiger partial charge in [-0.15, -0.1) is 0 Å². The second-order valence-electron chi connectivity index (χ2n) is 10.4. The van der Waals surface area contributed by atoms with Gasteiger partial charge in [-0.1, -0.05) is 32.0 Å². The summed E-state index contributed by atoms with van der Waals surface area (Å²) < 4.78 is 5.30. The number of aliphatic imine (C=N–C) groups is 1. The Morgan fingerprint density at radius 1 is 1.05 bits per heavy atom. The Kier molecular flexibility index (Phi) is 10.5. The minimum atomic E-state index is -2.46. The van der Waals surface area contributed by atoms with Crippen LogP contribution in [0.5, 0.6) is 0 Å². The second-order valence-corrected chi connectivity index (χ2v) is 10.4. The van der Waals surface area contributed by atoms with Crippen LogP contribution in [0, 0.1) is 12.8 Å². The average molecular weight is 592 g/mol. The van der Waals surface area contributed by atoms with E-state index in [1.54, 1.807) is 51.1 Å². The fourth-order valence-electron chi connectivity index (χ4n) is 4.73. The fourth-order valence-corrected chi connectivity index (χ4v) is 4.73. The number of amides is 3. The smallest absolute Gasteiger partial charge is 0.336 e. The number of aryl methyl sites for hydroxylation is 1. The van der Waals surface area contributed by atoms with Crippen molar-refractivity contribution in [3.63, 3.8) is 0 Å². The van der Waals surface area contributed by atoms with Gasteiger partial charge in [0, 0.05) is 35.3 Å². The monoisotopic (exact) mass is 591 g/mol. The molecule has 1 heterocycles. The van der Waals surface area contributed by atoms with E-state index >= 15 is 0 Å². The van der Waals surface area contributed by atoms with E-state index in [0.717, 1.165) is 0 Å². The molecule has 3 aromatic rings. The Bertz CT molecular complexity index is 1600. The van der Waals surface area contributed by atoms with Gasteiger partial charge in [0.25, 0.3) is 11.8 Å². The van der Waals surface area contributed by atoms with E-state index in [-0.39, 0.29) is 42.2 Å². The lowest BCUT2D eigenvalue weighted by Gasteiger charge is -2.41. The van der Waals surface area contributed by atoms with Gasteiger partial charge in [0.05, 0.1) is 12.6 Å². The summed E-state index contributed by atoms with van der Waals surface area (Å²) in [6.07, 6.45) is -0.370. The quantitative estimate of drug-likeness (QED) is 0.0659. The topological polar surface area (TPSA) is 230 Å². The van der Waals surface area contributed by atoms with Crippen LogP contribution in [0.25, 0.3) is 11.0 Å². The van der Waals surface area contributed by atoms with Crippen LogP contribution in [0.15, 0.2) is 68.8 Å². The van der Waals surface area contributed by atoms with Crippen molar-refractivity contribution in [2.75, 3.05) is 18.4 Å². The molecule has 0 radical (unpaired) electrons. The van der Waals surface area contributed by atoms with Crippen LogP contribution in [-0.4, -0.2) is 59.0 Å². The summed E-state index contributed by atoms with van der Waals surface area (Å²) in [6.45, 7) is 4.37. The van der Waals surface area contributed by atoms with Crippen molar-refractivity contribution in [3.05, 3.63) is 76.1 Å². The number of hydrogen-bond donors (Lipinski definition) is 5. The summed E-state index contributed by atoms with van der Waals surface area (Å²) in [5, 5.41) is 3.28. The number of Topliss-reactive ketones (excluding diaryl/α,β-unsaturated/α-hetero) is 1. The molecular weight excluding hydrogens is 554 g/mol. The van der Waals surface area contributed by atoms with Gasteiger partial charge in [0.15, 0.2) is 17.3 Å². The van der Waals surface area contributed by atoms with Crippen molar-refractivity contribution in [3.8, 4) is 0 Å². The van der Waals surface area contributed by atoms with Crippen LogP contribution in [0.3, 0.4) is 0 Å². The number of ketones is 1. The molecule has 3 rings (SSSR count). The molecule has 3 amide bonds. The number of benzene rings is 2. The third kappa shape index (κ3) is 7.13. The number of rotatable bonds is 12. The molecular formula is C30H37N7O6. The van der Waals surface area contributed by atoms with Gasteiger partial charge in [-0.05, 0) is 55.5 Å². The van der Waals surface area contributed by atoms with Gasteiger partial charge in [-0.2, -0.15) is 0 Å². The van der Waals surface area contributed by atoms with Crippen LogP contribution in [0.1, 0.15) is 42.6 Å². The predicted molar refractivity (Wildman–Crippen MR) is 163 cm³/mol. The maximum Gasteiger partial charge on any atom is 0.336 e. The van der Waals surface area contributed by atoms with Crippen molar-refractivity contribution in [1.29, 1.82) is 0 Å². The molecule has 43 heavy (non-hydrogen) atoms. The Hall–Kier alpha value is -4.88. The van der Waals surface area contributed by atoms with Crippen LogP contribution in [0.2, 0.25) is 0 Å². The molecule has 0 aliphatic rings. The molecule has 2 atom stereocenters. The summed E-state index contributed by atoms with van der Waals surface area (Å²) in [7, 11) is 0. The van der Waals surface area contributed by atoms with Crippen LogP contribution >= 0.6 is 0 Å². The molecule has 9 N–H and O–H groups in total. The molecule has 13 nitrogen and oxygen atoms in total. The first kappa shape index (κ1) is 32.6. The van der Waals surface area contributed by atoms with Crippen molar-refractivity contribution in [2.24, 2.45) is 33.8 Å². The first-order chi connectivity index (χ1) is 20.3. The first-order valence-electron chi connectivity index (χ1n) is 13.7. The van der Waals surface area contributed by atoms with Crippen molar-refractivity contribution < 1.29 is 23.6 Å². The highest BCUT2D eigenvalue weighted by Gasteiger charge is 2.56. The predicted octanol–water partition coefficient (Wildman–Crippen LogP) is 1.01. The highest BCUT2D eigenvalue weighted by molar-refractivity contribution is 6.23. The maximum absolute atomic E-state index is 14.4. The summed E-state index contributed by atoms with van der Waals surface area (Å²) in [5.74, 6) is -4.48. The number of carbonyl (C=O) groups excluding carboxylic acids is 4. The van der Waals surface area contributed by atoms with E-state index in [1.807, 2.05) is 0 Å². The van der Waals surface area contributed by atoms with Crippen LogP contribution < -0.4 is 33.9 Å². The zero-order valence-corrected chi connectivity index (χ0v) is 24.3. The third-order valence-corrected chi connectivity index (χ3v) is 7.03. The van der Waals surface area contributed by atoms with Crippen LogP contribution in [-0.2, 0) is 14.4 Å². The number of imide groups is 1. The van der Waals surface area contributed by atoms with Gasteiger partial charge in [-0.25, -0.2) is 4.79 Å². The fraction of sp³-hybridized carbons (Fsp3) is 0.333.